The van der Waals surface area contributed by atoms with Gasteiger partial charge in [-0.15, -0.1) is 6.58 Å². The number of fused-ring (bicyclic) bond motifs is 1. The number of nitrogens with one attached hydrogen (secondary N) is 1. The molecule has 0 aromatic carbocycles. The van der Waals surface area contributed by atoms with Crippen LogP contribution in [-0.4, -0.2) is 74.2 Å². The fourth-order valence-corrected chi connectivity index (χ4v) is 6.38. The summed E-state index contributed by atoms with van der Waals surface area (Å²) in [7, 11) is -16.9. The van der Waals surface area contributed by atoms with Crippen LogP contribution in [0.4, 0.5) is 5.95 Å². The van der Waals surface area contributed by atoms with E-state index in [0.29, 0.717) is 0 Å². The largest absolute Gasteiger partial charge is 0.490 e. The number of nitrogens with two attached hydrogens (primary N) is 1. The van der Waals surface area contributed by atoms with Crippen molar-refractivity contribution in [3.63, 3.8) is 0 Å². The smallest absolute Gasteiger partial charge is 0.387 e. The minimum absolute atomic E-state index is 0.145. The fourth-order valence-electron chi connectivity index (χ4n) is 3.35. The molecule has 0 bridgehead atoms. The summed E-state index contributed by atoms with van der Waals surface area (Å²) in [6, 6.07) is 0. The maximum Gasteiger partial charge on any atom is 0.490 e. The molecule has 0 radical (unpaired) electrons. The lowest BCUT2D eigenvalue weighted by Gasteiger charge is -2.32. The number of phosphoric ester groups is 1. The third-order valence-corrected chi connectivity index (χ3v) is 8.41. The number of nitrogens with zero attached hydrogens (tertiary/aromatic N) is 3. The molecule has 0 spiro atoms. The van der Waals surface area contributed by atoms with E-state index in [1.165, 1.54) is 6.08 Å². The van der Waals surface area contributed by atoms with Crippen LogP contribution in [0.15, 0.2) is 23.8 Å². The van der Waals surface area contributed by atoms with Crippen LogP contribution in [0.5, 0.6) is 0 Å². The minimum atomic E-state index is -5.77. The van der Waals surface area contributed by atoms with Crippen molar-refractivity contribution in [3.8, 4) is 0 Å². The molecule has 196 valence electrons. The molecule has 6 atom stereocenters. The first kappa shape index (κ1) is 27.8. The zero-order valence-corrected chi connectivity index (χ0v) is 19.9. The van der Waals surface area contributed by atoms with Crippen LogP contribution in [0, 0.1) is 0 Å². The number of H-pyrrole nitrogens is 1. The second-order valence-corrected chi connectivity index (χ2v) is 11.5. The highest BCUT2D eigenvalue weighted by molar-refractivity contribution is 7.66. The Bertz CT molecular complexity index is 1320. The van der Waals surface area contributed by atoms with Crippen molar-refractivity contribution in [2.24, 2.45) is 0 Å². The molecule has 0 amide bonds. The van der Waals surface area contributed by atoms with Gasteiger partial charge < -0.3 is 40.3 Å². The number of rotatable bonds is 10. The van der Waals surface area contributed by atoms with Crippen LogP contribution in [0.25, 0.3) is 11.2 Å². The molecule has 1 aliphatic heterocycles. The molecule has 1 saturated heterocycles. The monoisotopic (exact) mass is 563 g/mol. The first-order valence-corrected chi connectivity index (χ1v) is 13.7. The van der Waals surface area contributed by atoms with Gasteiger partial charge in [0.15, 0.2) is 16.9 Å². The first-order valence-electron chi connectivity index (χ1n) is 9.17. The van der Waals surface area contributed by atoms with E-state index in [2.05, 4.69) is 34.7 Å². The lowest BCUT2D eigenvalue weighted by Crippen LogP contribution is -2.45. The number of nitrogen functional groups attached to an aromatic ring is 1. The molecule has 0 aliphatic carbocycles. The Labute approximate surface area is 194 Å². The minimum Gasteiger partial charge on any atom is -0.387 e. The standard InChI is InChI=1S/C13H20N5O14P3/c1-2-3-13(18-5-15-7-10(18)16-12(14)17-11(7)21)9(20)8(19)6(30-13)4-29-34(25,26)32-35(27,28)31-33(22,23)24/h2,5-6,8-9,19-20H,1,3-4H2,(H,25,26)(H,27,28)(H2,22,23,24)(H3,14,16,17,21)/t6-,8-,9-,13-/m1/s1. The van der Waals surface area contributed by atoms with Gasteiger partial charge in [0.1, 0.15) is 18.3 Å². The van der Waals surface area contributed by atoms with Crippen LogP contribution >= 0.6 is 23.5 Å². The first-order chi connectivity index (χ1) is 16.0. The van der Waals surface area contributed by atoms with Gasteiger partial charge in [-0.2, -0.15) is 13.6 Å². The van der Waals surface area contributed by atoms with Crippen LogP contribution in [0.3, 0.4) is 0 Å². The number of ether oxygens (including phenoxy) is 1. The predicted octanol–water partition coefficient (Wildman–Crippen LogP) is -1.61. The third-order valence-electron chi connectivity index (χ3n) is 4.61. The highest BCUT2D eigenvalue weighted by Gasteiger charge is 2.56. The molecule has 35 heavy (non-hydrogen) atoms. The summed E-state index contributed by atoms with van der Waals surface area (Å²) in [6.45, 7) is 2.49. The van der Waals surface area contributed by atoms with Crippen LogP contribution in [-0.2, 0) is 37.3 Å². The van der Waals surface area contributed by atoms with Gasteiger partial charge in [-0.1, -0.05) is 6.08 Å². The molecule has 1 fully saturated rings. The van der Waals surface area contributed by atoms with Gasteiger partial charge in [-0.25, -0.2) is 18.7 Å². The van der Waals surface area contributed by atoms with E-state index in [1.54, 1.807) is 0 Å². The Morgan fingerprint density at radius 1 is 1.23 bits per heavy atom. The predicted molar refractivity (Wildman–Crippen MR) is 112 cm³/mol. The van der Waals surface area contributed by atoms with Crippen molar-refractivity contribution in [3.05, 3.63) is 29.3 Å². The maximum atomic E-state index is 12.1. The van der Waals surface area contributed by atoms with Gasteiger partial charge >= 0.3 is 23.5 Å². The molecular formula is C13H20N5O14P3. The third kappa shape index (κ3) is 5.95. The lowest BCUT2D eigenvalue weighted by atomic mass is 9.99. The van der Waals surface area contributed by atoms with Gasteiger partial charge in [0.2, 0.25) is 5.95 Å². The second kappa shape index (κ2) is 9.57. The zero-order chi connectivity index (χ0) is 26.4. The number of hydrogen-bond donors (Lipinski definition) is 8. The Hall–Kier alpha value is -1.82. The Balaban J connectivity index is 1.87. The van der Waals surface area contributed by atoms with E-state index in [-0.39, 0.29) is 23.5 Å². The van der Waals surface area contributed by atoms with Crippen LogP contribution < -0.4 is 11.3 Å². The van der Waals surface area contributed by atoms with Crippen LogP contribution in [0.1, 0.15) is 6.42 Å². The molecule has 3 heterocycles. The number of anilines is 1. The number of aromatic amines is 1. The van der Waals surface area contributed by atoms with Gasteiger partial charge in [0, 0.05) is 6.42 Å². The van der Waals surface area contributed by atoms with Crippen molar-refractivity contribution >= 4 is 40.6 Å². The van der Waals surface area contributed by atoms with E-state index in [4.69, 9.17) is 20.3 Å². The normalized spacial score (nSPS) is 28.6. The fraction of sp³-hybridized carbons (Fsp3) is 0.462. The maximum absolute atomic E-state index is 12.1. The number of imidazole rings is 1. The van der Waals surface area contributed by atoms with Gasteiger partial charge in [0.25, 0.3) is 5.56 Å². The summed E-state index contributed by atoms with van der Waals surface area (Å²) in [4.78, 5) is 58.1. The highest BCUT2D eigenvalue weighted by Crippen LogP contribution is 2.66. The molecule has 0 saturated carbocycles. The molecule has 2 aromatic heterocycles. The van der Waals surface area contributed by atoms with E-state index < -0.39 is 59.7 Å². The number of hydrogen-bond acceptors (Lipinski definition) is 13. The molecule has 19 nitrogen and oxygen atoms in total. The second-order valence-electron chi connectivity index (χ2n) is 7.05. The quantitative estimate of drug-likeness (QED) is 0.119. The zero-order valence-electron chi connectivity index (χ0n) is 17.2. The van der Waals surface area contributed by atoms with Gasteiger partial charge in [0.05, 0.1) is 12.9 Å². The van der Waals surface area contributed by atoms with E-state index in [1.807, 2.05) is 0 Å². The summed E-state index contributed by atoms with van der Waals surface area (Å²) in [5.74, 6) is -0.296. The summed E-state index contributed by atoms with van der Waals surface area (Å²) in [5, 5.41) is 21.3. The van der Waals surface area contributed by atoms with Gasteiger partial charge in [-0.05, 0) is 0 Å². The Morgan fingerprint density at radius 3 is 2.49 bits per heavy atom. The highest BCUT2D eigenvalue weighted by atomic mass is 31.3. The van der Waals surface area contributed by atoms with E-state index in [0.717, 1.165) is 10.9 Å². The number of aliphatic hydroxyl groups is 2. The van der Waals surface area contributed by atoms with Crippen LogP contribution in [0.2, 0.25) is 0 Å². The average Bonchev–Trinajstić information content (AvgIpc) is 3.20. The number of phosphoric acid groups is 3. The molecular weight excluding hydrogens is 543 g/mol. The summed E-state index contributed by atoms with van der Waals surface area (Å²) < 4.78 is 52.6. The van der Waals surface area contributed by atoms with E-state index >= 15 is 0 Å². The van der Waals surface area contributed by atoms with Crippen molar-refractivity contribution in [1.29, 1.82) is 0 Å². The average molecular weight is 563 g/mol. The number of aromatic nitrogens is 4. The summed E-state index contributed by atoms with van der Waals surface area (Å²) in [5.41, 5.74) is 2.60. The molecule has 9 N–H and O–H groups in total. The topological polar surface area (TPSA) is 299 Å². The van der Waals surface area contributed by atoms with E-state index in [9.17, 15) is 38.5 Å². The number of aliphatic hydroxyl groups excluding tert-OH is 2. The SMILES string of the molecule is C=CC[C@@]1(n2cnc3c(=O)[nH]c(N)nc32)O[C@H](COP(=O)(O)OP(=O)(O)OP(=O)(O)O)[C@@H](O)[C@H]1O. The van der Waals surface area contributed by atoms with Gasteiger partial charge in [-0.3, -0.25) is 18.9 Å². The lowest BCUT2D eigenvalue weighted by molar-refractivity contribution is -0.142. The molecule has 2 aromatic rings. The van der Waals surface area contributed by atoms with Crippen molar-refractivity contribution in [2.45, 2.75) is 30.5 Å². The Kier molecular flexibility index (Phi) is 7.59. The van der Waals surface area contributed by atoms with Crippen molar-refractivity contribution in [2.75, 3.05) is 12.3 Å². The molecule has 3 rings (SSSR count). The molecule has 22 heteroatoms. The molecule has 1 aliphatic rings. The summed E-state index contributed by atoms with van der Waals surface area (Å²) >= 11 is 0. The summed E-state index contributed by atoms with van der Waals surface area (Å²) in [6.07, 6.45) is -3.10. The molecule has 2 unspecified atom stereocenters. The Morgan fingerprint density at radius 2 is 1.89 bits per heavy atom. The van der Waals surface area contributed by atoms with Crippen molar-refractivity contribution in [1.82, 2.24) is 19.5 Å². The van der Waals surface area contributed by atoms with Crippen molar-refractivity contribution < 1.29 is 61.4 Å².